The van der Waals surface area contributed by atoms with Crippen LogP contribution in [-0.4, -0.2) is 37.8 Å². The van der Waals surface area contributed by atoms with Crippen LogP contribution in [0.4, 0.5) is 15.8 Å². The Balaban J connectivity index is 1.65. The van der Waals surface area contributed by atoms with Crippen molar-refractivity contribution in [3.8, 4) is 0 Å². The lowest BCUT2D eigenvalue weighted by Gasteiger charge is -2.17. The highest BCUT2D eigenvalue weighted by molar-refractivity contribution is 7.92. The Labute approximate surface area is 202 Å². The second-order valence-electron chi connectivity index (χ2n) is 9.56. The molecular formula is C25H26FN3O5S. The number of anilines is 2. The zero-order chi connectivity index (χ0) is 25.7. The van der Waals surface area contributed by atoms with Crippen molar-refractivity contribution in [2.75, 3.05) is 16.6 Å². The Morgan fingerprint density at radius 2 is 1.83 bits per heavy atom. The molecule has 1 aliphatic heterocycles. The lowest BCUT2D eigenvalue weighted by atomic mass is 9.95. The van der Waals surface area contributed by atoms with Crippen LogP contribution in [-0.2, 0) is 19.6 Å². The van der Waals surface area contributed by atoms with Crippen molar-refractivity contribution >= 4 is 49.6 Å². The summed E-state index contributed by atoms with van der Waals surface area (Å²) in [6.45, 7) is 11.1. The van der Waals surface area contributed by atoms with Gasteiger partial charge in [-0.1, -0.05) is 27.4 Å². The van der Waals surface area contributed by atoms with Gasteiger partial charge in [-0.05, 0) is 42.8 Å². The van der Waals surface area contributed by atoms with Crippen LogP contribution >= 0.6 is 0 Å². The zero-order valence-electron chi connectivity index (χ0n) is 19.8. The first-order valence-corrected chi connectivity index (χ1v) is 12.4. The molecule has 0 aliphatic carbocycles. The number of aromatic nitrogens is 1. The molecule has 10 heteroatoms. The molecular weight excluding hydrogens is 473 g/mol. The Kier molecular flexibility index (Phi) is 6.06. The van der Waals surface area contributed by atoms with Crippen LogP contribution in [0.3, 0.4) is 0 Å². The minimum absolute atomic E-state index is 0.0343. The first-order chi connectivity index (χ1) is 16.3. The third-order valence-corrected chi connectivity index (χ3v) is 6.96. The largest absolute Gasteiger partial charge is 0.364 e. The van der Waals surface area contributed by atoms with E-state index in [-0.39, 0.29) is 28.7 Å². The average molecular weight is 500 g/mol. The van der Waals surface area contributed by atoms with Crippen molar-refractivity contribution in [3.63, 3.8) is 0 Å². The lowest BCUT2D eigenvalue weighted by molar-refractivity contribution is -0.123. The SMILES string of the molecule is C=C(C)c1cc(C(=O)C2CO2)c(F)cc1NS(=O)(=O)c1ccc2c(NC(=O)C(C)(C)C)c[nH]c2c1. The van der Waals surface area contributed by atoms with E-state index in [0.29, 0.717) is 27.7 Å². The smallest absolute Gasteiger partial charge is 0.261 e. The number of rotatable bonds is 7. The average Bonchev–Trinajstić information content (AvgIpc) is 3.53. The number of epoxide rings is 1. The molecule has 2 aromatic carbocycles. The number of ether oxygens (including phenoxy) is 1. The van der Waals surface area contributed by atoms with Crippen LogP contribution in [0, 0.1) is 11.2 Å². The number of aromatic amines is 1. The highest BCUT2D eigenvalue weighted by Crippen LogP contribution is 2.32. The maximum atomic E-state index is 14.7. The number of allylic oxidation sites excluding steroid dienone is 1. The quantitative estimate of drug-likeness (QED) is 0.321. The molecule has 0 radical (unpaired) electrons. The minimum Gasteiger partial charge on any atom is -0.364 e. The normalized spacial score (nSPS) is 15.6. The Morgan fingerprint density at radius 3 is 2.43 bits per heavy atom. The molecule has 1 aromatic heterocycles. The van der Waals surface area contributed by atoms with Crippen LogP contribution in [0.1, 0.15) is 43.6 Å². The van der Waals surface area contributed by atoms with Crippen LogP contribution < -0.4 is 10.0 Å². The first kappa shape index (κ1) is 24.6. The lowest BCUT2D eigenvalue weighted by Crippen LogP contribution is -2.27. The minimum atomic E-state index is -4.13. The van der Waals surface area contributed by atoms with Crippen LogP contribution in [0.2, 0.25) is 0 Å². The van der Waals surface area contributed by atoms with E-state index < -0.39 is 33.1 Å². The van der Waals surface area contributed by atoms with Gasteiger partial charge in [-0.15, -0.1) is 0 Å². The zero-order valence-corrected chi connectivity index (χ0v) is 20.6. The summed E-state index contributed by atoms with van der Waals surface area (Å²) in [7, 11) is -4.13. The first-order valence-electron chi connectivity index (χ1n) is 10.9. The molecule has 0 spiro atoms. The van der Waals surface area contributed by atoms with Gasteiger partial charge in [-0.3, -0.25) is 14.3 Å². The second-order valence-corrected chi connectivity index (χ2v) is 11.2. The molecule has 1 fully saturated rings. The molecule has 1 aliphatic rings. The van der Waals surface area contributed by atoms with E-state index in [2.05, 4.69) is 21.6 Å². The molecule has 1 saturated heterocycles. The maximum Gasteiger partial charge on any atom is 0.261 e. The van der Waals surface area contributed by atoms with E-state index in [1.54, 1.807) is 40.0 Å². The van der Waals surface area contributed by atoms with Gasteiger partial charge in [0, 0.05) is 28.1 Å². The molecule has 0 saturated carbocycles. The number of benzene rings is 2. The molecule has 35 heavy (non-hydrogen) atoms. The molecule has 1 atom stereocenters. The highest BCUT2D eigenvalue weighted by atomic mass is 32.2. The summed E-state index contributed by atoms with van der Waals surface area (Å²) in [5, 5.41) is 3.47. The number of fused-ring (bicyclic) bond motifs is 1. The fraction of sp³-hybridized carbons (Fsp3) is 0.280. The monoisotopic (exact) mass is 499 g/mol. The third-order valence-electron chi connectivity index (χ3n) is 5.60. The molecule has 1 unspecified atom stereocenters. The van der Waals surface area contributed by atoms with E-state index >= 15 is 0 Å². The Bertz CT molecular complexity index is 1480. The van der Waals surface area contributed by atoms with Crippen molar-refractivity contribution < 1.29 is 27.1 Å². The Morgan fingerprint density at radius 1 is 1.14 bits per heavy atom. The topological polar surface area (TPSA) is 121 Å². The highest BCUT2D eigenvalue weighted by Gasteiger charge is 2.34. The fourth-order valence-corrected chi connectivity index (χ4v) is 4.56. The van der Waals surface area contributed by atoms with Gasteiger partial charge in [-0.25, -0.2) is 12.8 Å². The van der Waals surface area contributed by atoms with Gasteiger partial charge >= 0.3 is 0 Å². The van der Waals surface area contributed by atoms with Gasteiger partial charge in [0.25, 0.3) is 10.0 Å². The van der Waals surface area contributed by atoms with Crippen LogP contribution in [0.25, 0.3) is 16.5 Å². The predicted molar refractivity (Wildman–Crippen MR) is 132 cm³/mol. The summed E-state index contributed by atoms with van der Waals surface area (Å²) in [6.07, 6.45) is 0.919. The number of amides is 1. The number of sulfonamides is 1. The molecule has 4 rings (SSSR count). The summed E-state index contributed by atoms with van der Waals surface area (Å²) in [6, 6.07) is 6.66. The number of hydrogen-bond acceptors (Lipinski definition) is 5. The van der Waals surface area contributed by atoms with Crippen molar-refractivity contribution in [3.05, 3.63) is 60.1 Å². The van der Waals surface area contributed by atoms with Gasteiger partial charge < -0.3 is 15.0 Å². The van der Waals surface area contributed by atoms with Gasteiger partial charge in [0.1, 0.15) is 11.9 Å². The number of H-pyrrole nitrogens is 1. The number of nitrogens with one attached hydrogen (secondary N) is 3. The van der Waals surface area contributed by atoms with E-state index in [0.717, 1.165) is 6.07 Å². The fourth-order valence-electron chi connectivity index (χ4n) is 3.46. The van der Waals surface area contributed by atoms with Gasteiger partial charge in [0.05, 0.1) is 28.4 Å². The molecule has 2 heterocycles. The van der Waals surface area contributed by atoms with Gasteiger partial charge in [0.2, 0.25) is 5.91 Å². The molecule has 0 bridgehead atoms. The Hall–Kier alpha value is -3.50. The molecule has 3 N–H and O–H groups in total. The van der Waals surface area contributed by atoms with E-state index in [9.17, 15) is 22.4 Å². The summed E-state index contributed by atoms with van der Waals surface area (Å²) in [5.74, 6) is -1.53. The van der Waals surface area contributed by atoms with E-state index in [1.807, 2.05) is 0 Å². The number of carbonyl (C=O) groups is 2. The summed E-state index contributed by atoms with van der Waals surface area (Å²) in [5.41, 5.74) is 0.967. The second kappa shape index (κ2) is 8.62. The summed E-state index contributed by atoms with van der Waals surface area (Å²) in [4.78, 5) is 27.5. The van der Waals surface area contributed by atoms with Crippen molar-refractivity contribution in [1.29, 1.82) is 0 Å². The molecule has 8 nitrogen and oxygen atoms in total. The summed E-state index contributed by atoms with van der Waals surface area (Å²) >= 11 is 0. The van der Waals surface area contributed by atoms with Gasteiger partial charge in [0.15, 0.2) is 5.78 Å². The third kappa shape index (κ3) is 4.98. The number of ketones is 1. The van der Waals surface area contributed by atoms with Crippen molar-refractivity contribution in [2.24, 2.45) is 5.41 Å². The molecule has 3 aromatic rings. The maximum absolute atomic E-state index is 14.7. The van der Waals surface area contributed by atoms with E-state index in [4.69, 9.17) is 4.74 Å². The van der Waals surface area contributed by atoms with E-state index in [1.165, 1.54) is 18.2 Å². The number of carbonyl (C=O) groups excluding carboxylic acids is 2. The number of halogens is 1. The molecule has 1 amide bonds. The summed E-state index contributed by atoms with van der Waals surface area (Å²) < 4.78 is 48.4. The van der Waals surface area contributed by atoms with Crippen molar-refractivity contribution in [2.45, 2.75) is 38.7 Å². The van der Waals surface area contributed by atoms with Gasteiger partial charge in [-0.2, -0.15) is 0 Å². The van der Waals surface area contributed by atoms with Crippen LogP contribution in [0.5, 0.6) is 0 Å². The van der Waals surface area contributed by atoms with Crippen molar-refractivity contribution in [1.82, 2.24) is 4.98 Å². The molecule has 184 valence electrons. The number of hydrogen-bond donors (Lipinski definition) is 3. The van der Waals surface area contributed by atoms with Crippen LogP contribution in [0.15, 0.2) is 48.0 Å². The standard InChI is InChI=1S/C25H26FN3O5S/c1-13(2)16-9-17(23(30)22-12-34-22)18(26)10-20(16)29-35(32,33)14-6-7-15-19(8-14)27-11-21(15)28-24(31)25(3,4)5/h6-11,22,27,29H,1,12H2,2-5H3,(H,28,31). The predicted octanol–water partition coefficient (Wildman–Crippen LogP) is 4.71. The number of Topliss-reactive ketones (excluding diaryl/α,β-unsaturated/α-hetero) is 1.